The molecule has 6 aliphatic rings. The zero-order valence-corrected chi connectivity index (χ0v) is 27.3. The van der Waals surface area contributed by atoms with Crippen molar-refractivity contribution < 1.29 is 51.1 Å². The molecule has 4 aromatic heterocycles. The maximum Gasteiger partial charge on any atom is 0.388 e. The highest BCUT2D eigenvalue weighted by Gasteiger charge is 2.84. The van der Waals surface area contributed by atoms with Crippen LogP contribution in [0.2, 0.25) is 0 Å². The Labute approximate surface area is 273 Å². The molecular formula is C23H25N10O10P2S2+. The van der Waals surface area contributed by atoms with Gasteiger partial charge in [-0.05, 0) is 11.8 Å². The molecule has 1 saturated carbocycles. The van der Waals surface area contributed by atoms with Crippen LogP contribution in [0, 0.1) is 5.92 Å². The molecule has 9 heterocycles. The minimum absolute atomic E-state index is 0.0456. The first kappa shape index (κ1) is 29.5. The normalized spacial score (nSPS) is 45.4. The zero-order valence-electron chi connectivity index (χ0n) is 23.8. The van der Waals surface area contributed by atoms with Crippen LogP contribution in [0.15, 0.2) is 25.3 Å². The van der Waals surface area contributed by atoms with Crippen molar-refractivity contribution in [1.29, 1.82) is 0 Å². The number of fused-ring (bicyclic) bond motifs is 2. The summed E-state index contributed by atoms with van der Waals surface area (Å²) in [4.78, 5) is 35.5. The number of ether oxygens (including phenoxy) is 4. The number of nitrogens with two attached hydrogens (primary N) is 2. The number of hydrogen-bond acceptors (Lipinski definition) is 17. The van der Waals surface area contributed by atoms with E-state index in [0.29, 0.717) is 22.3 Å². The number of aromatic nitrogens is 8. The molecule has 11 atom stereocenters. The van der Waals surface area contributed by atoms with Crippen LogP contribution in [-0.4, -0.2) is 94.5 Å². The van der Waals surface area contributed by atoms with Crippen molar-refractivity contribution in [2.24, 2.45) is 5.92 Å². The molecule has 5 saturated heterocycles. The van der Waals surface area contributed by atoms with E-state index in [1.165, 1.54) is 19.0 Å². The smallest absolute Gasteiger partial charge is 0.382 e. The van der Waals surface area contributed by atoms with Gasteiger partial charge < -0.3 is 39.8 Å². The number of rotatable bonds is 2. The van der Waals surface area contributed by atoms with Crippen molar-refractivity contribution in [3.05, 3.63) is 25.3 Å². The number of nitrogen functional groups attached to an aromatic ring is 2. The number of aromatic amines is 1. The summed E-state index contributed by atoms with van der Waals surface area (Å²) in [6, 6.07) is 0. The molecule has 24 heteroatoms. The number of anilines is 2. The molecule has 5 aliphatic heterocycles. The molecule has 4 bridgehead atoms. The second kappa shape index (κ2) is 9.42. The van der Waals surface area contributed by atoms with Crippen molar-refractivity contribution in [1.82, 2.24) is 34.5 Å². The SMILES string of the molecule is Nc1ncnc2c1ncn2C1OC23COP(O)(=S)OC4C5OCC4(COP(=O)(S)OC4(C2)OC1C34)OC5[n+]1c[nH]c2c(N)ncnc21. The van der Waals surface area contributed by atoms with Crippen LogP contribution in [-0.2, 0) is 53.4 Å². The molecular weight excluding hydrogens is 702 g/mol. The fourth-order valence-corrected chi connectivity index (χ4v) is 10.9. The molecule has 6 fully saturated rings. The maximum absolute atomic E-state index is 13.8. The summed E-state index contributed by atoms with van der Waals surface area (Å²) in [6.45, 7) is -8.74. The fourth-order valence-electron chi connectivity index (χ4n) is 7.77. The Bertz CT molecular complexity index is 2110. The first-order chi connectivity index (χ1) is 22.4. The van der Waals surface area contributed by atoms with Crippen LogP contribution in [0.3, 0.4) is 0 Å². The summed E-state index contributed by atoms with van der Waals surface area (Å²) >= 11 is 9.83. The first-order valence-electron chi connectivity index (χ1n) is 14.3. The molecule has 4 aromatic rings. The van der Waals surface area contributed by atoms with Gasteiger partial charge in [0.2, 0.25) is 11.7 Å². The van der Waals surface area contributed by atoms with Crippen molar-refractivity contribution in [2.45, 2.75) is 54.2 Å². The van der Waals surface area contributed by atoms with Crippen molar-refractivity contribution >= 4 is 71.5 Å². The van der Waals surface area contributed by atoms with Crippen LogP contribution in [0.5, 0.6) is 0 Å². The van der Waals surface area contributed by atoms with E-state index in [1.807, 2.05) is 0 Å². The molecule has 248 valence electrons. The predicted octanol–water partition coefficient (Wildman–Crippen LogP) is 0.00200. The van der Waals surface area contributed by atoms with Gasteiger partial charge in [-0.25, -0.2) is 24.1 Å². The van der Waals surface area contributed by atoms with Crippen molar-refractivity contribution in [3.8, 4) is 0 Å². The lowest BCUT2D eigenvalue weighted by molar-refractivity contribution is -0.751. The second-order valence-electron chi connectivity index (χ2n) is 12.3. The predicted molar refractivity (Wildman–Crippen MR) is 160 cm³/mol. The summed E-state index contributed by atoms with van der Waals surface area (Å²) in [7, 11) is 0. The molecule has 10 rings (SSSR count). The van der Waals surface area contributed by atoms with Crippen LogP contribution < -0.4 is 16.0 Å². The molecule has 0 amide bonds. The molecule has 47 heavy (non-hydrogen) atoms. The minimum atomic E-state index is -4.12. The van der Waals surface area contributed by atoms with E-state index in [4.69, 9.17) is 60.3 Å². The van der Waals surface area contributed by atoms with E-state index < -0.39 is 67.2 Å². The van der Waals surface area contributed by atoms with Gasteiger partial charge in [0, 0.05) is 6.42 Å². The summed E-state index contributed by atoms with van der Waals surface area (Å²) in [5, 5.41) is 0. The van der Waals surface area contributed by atoms with E-state index in [9.17, 15) is 9.46 Å². The van der Waals surface area contributed by atoms with Gasteiger partial charge in [0.15, 0.2) is 42.0 Å². The molecule has 0 aromatic carbocycles. The molecule has 2 spiro atoms. The number of imidazole rings is 2. The molecule has 6 N–H and O–H groups in total. The maximum atomic E-state index is 13.8. The number of thiol groups is 1. The van der Waals surface area contributed by atoms with E-state index in [2.05, 4.69) is 42.2 Å². The van der Waals surface area contributed by atoms with Gasteiger partial charge in [-0.3, -0.25) is 23.1 Å². The van der Waals surface area contributed by atoms with Crippen LogP contribution in [0.25, 0.3) is 22.3 Å². The van der Waals surface area contributed by atoms with Gasteiger partial charge in [-0.1, -0.05) is 17.2 Å². The number of nitrogens with one attached hydrogen (secondary N) is 1. The lowest BCUT2D eigenvalue weighted by Crippen LogP contribution is -2.77. The molecule has 11 unspecified atom stereocenters. The lowest BCUT2D eigenvalue weighted by Gasteiger charge is -2.64. The lowest BCUT2D eigenvalue weighted by atomic mass is 9.59. The van der Waals surface area contributed by atoms with Crippen LogP contribution >= 0.6 is 25.8 Å². The van der Waals surface area contributed by atoms with Crippen LogP contribution in [0.4, 0.5) is 11.6 Å². The highest BCUT2D eigenvalue weighted by Crippen LogP contribution is 2.75. The van der Waals surface area contributed by atoms with Gasteiger partial charge in [-0.2, -0.15) is 4.98 Å². The second-order valence-corrected chi connectivity index (χ2v) is 17.9. The summed E-state index contributed by atoms with van der Waals surface area (Å²) < 4.78 is 66.6. The summed E-state index contributed by atoms with van der Waals surface area (Å²) in [6.07, 6.45) is 1.77. The topological polar surface area (TPSA) is 252 Å². The average Bonchev–Trinajstić information content (AvgIpc) is 3.79. The van der Waals surface area contributed by atoms with Crippen molar-refractivity contribution in [2.75, 3.05) is 31.3 Å². The Kier molecular flexibility index (Phi) is 5.91. The fraction of sp³-hybridized carbons (Fsp3) is 0.565. The third-order valence-corrected chi connectivity index (χ3v) is 12.8. The van der Waals surface area contributed by atoms with Gasteiger partial charge in [0.05, 0.1) is 32.1 Å². The third kappa shape index (κ3) is 3.98. The van der Waals surface area contributed by atoms with Gasteiger partial charge in [0.1, 0.15) is 41.4 Å². The third-order valence-electron chi connectivity index (χ3n) is 9.71. The van der Waals surface area contributed by atoms with E-state index in [1.54, 1.807) is 15.5 Å². The largest absolute Gasteiger partial charge is 0.388 e. The van der Waals surface area contributed by atoms with E-state index in [-0.39, 0.29) is 37.9 Å². The monoisotopic (exact) mass is 727 g/mol. The van der Waals surface area contributed by atoms with Gasteiger partial charge in [-0.15, -0.1) is 0 Å². The summed E-state index contributed by atoms with van der Waals surface area (Å²) in [5.74, 6) is -1.45. The Morgan fingerprint density at radius 2 is 1.85 bits per heavy atom. The minimum Gasteiger partial charge on any atom is -0.382 e. The quantitative estimate of drug-likeness (QED) is 0.104. The molecule has 20 nitrogen and oxygen atoms in total. The average molecular weight is 728 g/mol. The highest BCUT2D eigenvalue weighted by molar-refractivity contribution is 8.44. The molecule has 1 aliphatic carbocycles. The Hall–Kier alpha value is -2.43. The number of nitrogens with zero attached hydrogens (tertiary/aromatic N) is 7. The Morgan fingerprint density at radius 1 is 1.04 bits per heavy atom. The number of hydrogen-bond donors (Lipinski definition) is 5. The van der Waals surface area contributed by atoms with Gasteiger partial charge >= 0.3 is 19.2 Å². The Morgan fingerprint density at radius 3 is 2.72 bits per heavy atom. The van der Waals surface area contributed by atoms with Crippen LogP contribution in [0.1, 0.15) is 18.9 Å². The Balaban J connectivity index is 0.990. The standard InChI is InChI=1S/C23H24N10O10P2S2/c24-15-9-17(28-5-26-15)32(7-30-9)19-11-13-21(40-19)1-23(13,39-11)43-45(35,47)38-4-22-2-36-12(14(22)42-44(34,46)37-3-21)20(41-22)33-8-31-10-16(25)27-6-29-18(10)33/h5-8,11-14,19-20H,1-4H2,(H6,24,25,26,27,28,29,34,35,46,47)/p+1. The first-order valence-corrected chi connectivity index (χ1v) is 19.6. The van der Waals surface area contributed by atoms with Gasteiger partial charge in [0.25, 0.3) is 0 Å². The van der Waals surface area contributed by atoms with E-state index >= 15 is 0 Å². The summed E-state index contributed by atoms with van der Waals surface area (Å²) in [5.41, 5.74) is 11.3. The zero-order chi connectivity index (χ0) is 32.1. The molecule has 0 radical (unpaired) electrons. The highest BCUT2D eigenvalue weighted by atomic mass is 32.7. The number of H-pyrrole nitrogens is 1. The van der Waals surface area contributed by atoms with Crippen molar-refractivity contribution in [3.63, 3.8) is 0 Å². The van der Waals surface area contributed by atoms with E-state index in [0.717, 1.165) is 0 Å².